The molecule has 0 spiro atoms. The lowest BCUT2D eigenvalue weighted by molar-refractivity contribution is -0.151. The average Bonchev–Trinajstić information content (AvgIpc) is 2.80. The van der Waals surface area contributed by atoms with Crippen molar-refractivity contribution in [2.24, 2.45) is 0 Å². The molecular formula is C21H27O8P. The highest BCUT2D eigenvalue weighted by atomic mass is 31.2. The van der Waals surface area contributed by atoms with Gasteiger partial charge in [-0.3, -0.25) is 9.36 Å². The number of hydrogen-bond acceptors (Lipinski definition) is 8. The number of ether oxygens (including phenoxy) is 3. The maximum Gasteiger partial charge on any atom is 0.361 e. The van der Waals surface area contributed by atoms with Gasteiger partial charge in [0.05, 0.1) is 13.2 Å². The Morgan fingerprint density at radius 3 is 1.87 bits per heavy atom. The third-order valence-corrected chi connectivity index (χ3v) is 6.37. The monoisotopic (exact) mass is 438 g/mol. The van der Waals surface area contributed by atoms with Gasteiger partial charge in [-0.1, -0.05) is 60.7 Å². The number of aliphatic hydroxyl groups is 1. The molecule has 9 heteroatoms. The second-order valence-corrected chi connectivity index (χ2v) is 8.68. The Morgan fingerprint density at radius 2 is 1.40 bits per heavy atom. The van der Waals surface area contributed by atoms with Crippen LogP contribution in [0.5, 0.6) is 0 Å². The van der Waals surface area contributed by atoms with Gasteiger partial charge in [0.2, 0.25) is 0 Å². The van der Waals surface area contributed by atoms with Crippen molar-refractivity contribution < 1.29 is 37.7 Å². The summed E-state index contributed by atoms with van der Waals surface area (Å²) < 4.78 is 39.3. The van der Waals surface area contributed by atoms with Crippen molar-refractivity contribution in [3.8, 4) is 0 Å². The fraction of sp³-hybridized carbons (Fsp3) is 0.381. The van der Waals surface area contributed by atoms with Gasteiger partial charge in [0, 0.05) is 14.2 Å². The fourth-order valence-corrected chi connectivity index (χ4v) is 3.99. The number of benzene rings is 2. The van der Waals surface area contributed by atoms with Crippen LogP contribution in [-0.4, -0.2) is 50.5 Å². The van der Waals surface area contributed by atoms with E-state index in [4.69, 9.17) is 23.3 Å². The van der Waals surface area contributed by atoms with E-state index in [-0.39, 0.29) is 26.3 Å². The molecule has 0 aliphatic rings. The summed E-state index contributed by atoms with van der Waals surface area (Å²) in [4.78, 5) is 10.8. The quantitative estimate of drug-likeness (QED) is 0.355. The van der Waals surface area contributed by atoms with Crippen LogP contribution in [-0.2, 0) is 45.8 Å². The fourth-order valence-electron chi connectivity index (χ4n) is 2.77. The molecule has 30 heavy (non-hydrogen) atoms. The molecule has 0 aliphatic carbocycles. The molecule has 8 nitrogen and oxygen atoms in total. The minimum absolute atomic E-state index is 0.0995. The second kappa shape index (κ2) is 12.6. The molecule has 0 aromatic heterocycles. The molecule has 0 fully saturated rings. The van der Waals surface area contributed by atoms with Crippen molar-refractivity contribution in [2.75, 3.05) is 20.8 Å². The third-order valence-electron chi connectivity index (χ3n) is 4.41. The Balaban J connectivity index is 2.24. The molecule has 0 unspecified atom stereocenters. The van der Waals surface area contributed by atoms with Gasteiger partial charge in [-0.15, -0.1) is 0 Å². The normalized spacial score (nSPS) is 14.6. The van der Waals surface area contributed by atoms with Gasteiger partial charge in [0.25, 0.3) is 6.47 Å². The van der Waals surface area contributed by atoms with E-state index >= 15 is 0 Å². The summed E-state index contributed by atoms with van der Waals surface area (Å²) in [5.74, 6) is -1.67. The van der Waals surface area contributed by atoms with Crippen LogP contribution in [0.15, 0.2) is 60.7 Å². The maximum atomic E-state index is 12.8. The summed E-state index contributed by atoms with van der Waals surface area (Å²) in [5, 5.41) is 10.8. The van der Waals surface area contributed by atoms with Gasteiger partial charge in [-0.05, 0) is 11.1 Å². The third kappa shape index (κ3) is 7.02. The molecule has 2 aromatic rings. The zero-order chi connectivity index (χ0) is 21.8. The summed E-state index contributed by atoms with van der Waals surface area (Å²) in [7, 11) is -1.58. The van der Waals surface area contributed by atoms with Crippen LogP contribution < -0.4 is 0 Å². The Labute approximate surface area is 176 Å². The topological polar surface area (TPSA) is 101 Å². The highest BCUT2D eigenvalue weighted by molar-refractivity contribution is 7.54. The van der Waals surface area contributed by atoms with Gasteiger partial charge >= 0.3 is 7.60 Å². The summed E-state index contributed by atoms with van der Waals surface area (Å²) in [5.41, 5.74) is 1.70. The molecule has 3 atom stereocenters. The van der Waals surface area contributed by atoms with Crippen LogP contribution in [0.2, 0.25) is 0 Å². The van der Waals surface area contributed by atoms with Crippen molar-refractivity contribution in [3.05, 3.63) is 71.8 Å². The molecule has 1 N–H and O–H groups in total. The van der Waals surface area contributed by atoms with Gasteiger partial charge in [0.1, 0.15) is 18.8 Å². The van der Waals surface area contributed by atoms with Crippen LogP contribution in [0, 0.1) is 0 Å². The first-order valence-corrected chi connectivity index (χ1v) is 10.9. The van der Waals surface area contributed by atoms with Crippen LogP contribution in [0.25, 0.3) is 0 Å². The zero-order valence-electron chi connectivity index (χ0n) is 17.0. The van der Waals surface area contributed by atoms with E-state index in [0.717, 1.165) is 11.1 Å². The van der Waals surface area contributed by atoms with Gasteiger partial charge in [0.15, 0.2) is 5.85 Å². The number of carbonyl (C=O) groups is 1. The highest BCUT2D eigenvalue weighted by Crippen LogP contribution is 2.52. The standard InChI is InChI=1S/C21H27O8P/c1-25-30(24,26-2)21(23)20(29-14-18-11-7-4-8-12-18)19(15-27-16-22)28-13-17-9-5-3-6-10-17/h3-12,16,19-21,23H,13-15H2,1-2H3/t19-,20-,21-/m1/s1. The predicted molar refractivity (Wildman–Crippen MR) is 110 cm³/mol. The van der Waals surface area contributed by atoms with Gasteiger partial charge in [-0.25, -0.2) is 0 Å². The van der Waals surface area contributed by atoms with Crippen LogP contribution in [0.3, 0.4) is 0 Å². The first-order valence-electron chi connectivity index (χ1n) is 9.29. The van der Waals surface area contributed by atoms with E-state index in [2.05, 4.69) is 0 Å². The number of carbonyl (C=O) groups excluding carboxylic acids is 1. The molecular weight excluding hydrogens is 411 g/mol. The number of aliphatic hydroxyl groups excluding tert-OH is 1. The summed E-state index contributed by atoms with van der Waals surface area (Å²) in [6.45, 7) is 0.310. The predicted octanol–water partition coefficient (Wildman–Crippen LogP) is 3.13. The Hall–Kier alpha value is -2.06. The van der Waals surface area contributed by atoms with Crippen molar-refractivity contribution in [2.45, 2.75) is 31.3 Å². The van der Waals surface area contributed by atoms with Crippen molar-refractivity contribution >= 4 is 14.1 Å². The SMILES string of the molecule is COP(=O)(OC)[C@@H](O)[C@H](OCc1ccccc1)[C@@H](COC=O)OCc1ccccc1. The molecule has 0 saturated heterocycles. The first-order chi connectivity index (χ1) is 14.5. The van der Waals surface area contributed by atoms with Crippen molar-refractivity contribution in [1.82, 2.24) is 0 Å². The molecule has 2 aromatic carbocycles. The summed E-state index contributed by atoms with van der Waals surface area (Å²) >= 11 is 0. The summed E-state index contributed by atoms with van der Waals surface area (Å²) in [6, 6.07) is 18.6. The molecule has 0 aliphatic heterocycles. The highest BCUT2D eigenvalue weighted by Gasteiger charge is 2.44. The summed E-state index contributed by atoms with van der Waals surface area (Å²) in [6.07, 6.45) is -2.10. The van der Waals surface area contributed by atoms with E-state index in [1.165, 1.54) is 14.2 Å². The first kappa shape index (κ1) is 24.2. The smallest absolute Gasteiger partial charge is 0.361 e. The molecule has 0 heterocycles. The molecule has 164 valence electrons. The molecule has 0 bridgehead atoms. The average molecular weight is 438 g/mol. The van der Waals surface area contributed by atoms with E-state index < -0.39 is 25.6 Å². The lowest BCUT2D eigenvalue weighted by Crippen LogP contribution is -2.44. The van der Waals surface area contributed by atoms with Gasteiger partial charge < -0.3 is 28.4 Å². The minimum atomic E-state index is -3.92. The van der Waals surface area contributed by atoms with E-state index in [1.54, 1.807) is 0 Å². The Morgan fingerprint density at radius 1 is 0.900 bits per heavy atom. The van der Waals surface area contributed by atoms with Crippen molar-refractivity contribution in [1.29, 1.82) is 0 Å². The second-order valence-electron chi connectivity index (χ2n) is 6.34. The van der Waals surface area contributed by atoms with Crippen LogP contribution >= 0.6 is 7.60 Å². The molecule has 0 saturated carbocycles. The molecule has 0 amide bonds. The number of rotatable bonds is 14. The van der Waals surface area contributed by atoms with Crippen molar-refractivity contribution in [3.63, 3.8) is 0 Å². The van der Waals surface area contributed by atoms with E-state index in [1.807, 2.05) is 60.7 Å². The maximum absolute atomic E-state index is 12.8. The lowest BCUT2D eigenvalue weighted by atomic mass is 10.2. The minimum Gasteiger partial charge on any atom is -0.465 e. The van der Waals surface area contributed by atoms with E-state index in [9.17, 15) is 14.5 Å². The Kier molecular flexibility index (Phi) is 10.2. The zero-order valence-corrected chi connectivity index (χ0v) is 17.9. The number of hydrogen-bond donors (Lipinski definition) is 1. The van der Waals surface area contributed by atoms with E-state index in [0.29, 0.717) is 0 Å². The Bertz CT molecular complexity index is 778. The largest absolute Gasteiger partial charge is 0.465 e. The van der Waals surface area contributed by atoms with Gasteiger partial charge in [-0.2, -0.15) is 0 Å². The lowest BCUT2D eigenvalue weighted by Gasteiger charge is -2.32. The van der Waals surface area contributed by atoms with Crippen LogP contribution in [0.4, 0.5) is 0 Å². The van der Waals surface area contributed by atoms with Crippen LogP contribution in [0.1, 0.15) is 11.1 Å². The molecule has 2 rings (SSSR count). The molecule has 0 radical (unpaired) electrons.